The fourth-order valence-corrected chi connectivity index (χ4v) is 1.17. The van der Waals surface area contributed by atoms with Gasteiger partial charge >= 0.3 is 0 Å². The Bertz CT molecular complexity index is 243. The highest BCUT2D eigenvalue weighted by atomic mass is 32.1. The zero-order chi connectivity index (χ0) is 8.81. The molecule has 0 bridgehead atoms. The fourth-order valence-electron chi connectivity index (χ4n) is 0.930. The molecule has 0 aliphatic heterocycles. The number of benzene rings is 1. The van der Waals surface area contributed by atoms with Crippen LogP contribution in [-0.2, 0) is 0 Å². The predicted molar refractivity (Wildman–Crippen MR) is 56.4 cm³/mol. The molecular weight excluding hydrogens is 166 g/mol. The Morgan fingerprint density at radius 1 is 1.33 bits per heavy atom. The van der Waals surface area contributed by atoms with Gasteiger partial charge in [0.1, 0.15) is 4.99 Å². The maximum Gasteiger partial charge on any atom is 0.106 e. The van der Waals surface area contributed by atoms with Crippen LogP contribution in [0.3, 0.4) is 0 Å². The van der Waals surface area contributed by atoms with E-state index in [1.807, 2.05) is 30.3 Å². The summed E-state index contributed by atoms with van der Waals surface area (Å²) in [4.78, 5) is 0.845. The largest absolute Gasteiger partial charge is 0.376 e. The summed E-state index contributed by atoms with van der Waals surface area (Å²) in [6.07, 6.45) is 1.10. The molecule has 0 spiro atoms. The minimum Gasteiger partial charge on any atom is -0.376 e. The molecular formula is C10H13NS. The Balaban J connectivity index is 2.54. The lowest BCUT2D eigenvalue weighted by molar-refractivity contribution is 0.848. The van der Waals surface area contributed by atoms with Crippen LogP contribution in [0.15, 0.2) is 30.3 Å². The average molecular weight is 179 g/mol. The second-order valence-corrected chi connectivity index (χ2v) is 3.03. The molecule has 1 nitrogen and oxygen atoms in total. The van der Waals surface area contributed by atoms with E-state index < -0.39 is 0 Å². The maximum absolute atomic E-state index is 5.17. The van der Waals surface area contributed by atoms with Gasteiger partial charge in [-0.25, -0.2) is 0 Å². The van der Waals surface area contributed by atoms with Gasteiger partial charge in [0.2, 0.25) is 0 Å². The topological polar surface area (TPSA) is 12.0 Å². The van der Waals surface area contributed by atoms with Gasteiger partial charge in [0, 0.05) is 12.1 Å². The molecule has 1 aromatic carbocycles. The molecule has 12 heavy (non-hydrogen) atoms. The molecule has 0 aliphatic carbocycles. The smallest absolute Gasteiger partial charge is 0.106 e. The molecule has 0 fully saturated rings. The first-order valence-electron chi connectivity index (χ1n) is 4.18. The van der Waals surface area contributed by atoms with Crippen molar-refractivity contribution in [3.63, 3.8) is 0 Å². The van der Waals surface area contributed by atoms with Crippen molar-refractivity contribution in [2.24, 2.45) is 0 Å². The van der Waals surface area contributed by atoms with E-state index in [1.54, 1.807) is 0 Å². The van der Waals surface area contributed by atoms with Crippen molar-refractivity contribution in [2.45, 2.75) is 13.3 Å². The van der Waals surface area contributed by atoms with Crippen LogP contribution in [0.1, 0.15) is 18.9 Å². The van der Waals surface area contributed by atoms with E-state index in [1.165, 1.54) is 0 Å². The van der Waals surface area contributed by atoms with Crippen LogP contribution in [0.2, 0.25) is 0 Å². The lowest BCUT2D eigenvalue weighted by Gasteiger charge is -2.05. The molecule has 1 rings (SSSR count). The Labute approximate surface area is 78.8 Å². The molecule has 0 unspecified atom stereocenters. The minimum atomic E-state index is 0.845. The highest BCUT2D eigenvalue weighted by Gasteiger charge is 1.96. The molecule has 2 heteroatoms. The summed E-state index contributed by atoms with van der Waals surface area (Å²) in [5.74, 6) is 0. The zero-order valence-corrected chi connectivity index (χ0v) is 8.03. The van der Waals surface area contributed by atoms with Gasteiger partial charge < -0.3 is 5.32 Å². The molecule has 1 aromatic rings. The van der Waals surface area contributed by atoms with E-state index >= 15 is 0 Å². The minimum absolute atomic E-state index is 0.845. The molecule has 0 saturated carbocycles. The summed E-state index contributed by atoms with van der Waals surface area (Å²) in [6.45, 7) is 3.08. The summed E-state index contributed by atoms with van der Waals surface area (Å²) in [6, 6.07) is 10.0. The van der Waals surface area contributed by atoms with Gasteiger partial charge in [0.15, 0.2) is 0 Å². The van der Waals surface area contributed by atoms with Gasteiger partial charge in [0.25, 0.3) is 0 Å². The van der Waals surface area contributed by atoms with Crippen LogP contribution < -0.4 is 5.32 Å². The van der Waals surface area contributed by atoms with Crippen LogP contribution in [0.25, 0.3) is 0 Å². The summed E-state index contributed by atoms with van der Waals surface area (Å²) in [7, 11) is 0. The predicted octanol–water partition coefficient (Wildman–Crippen LogP) is 2.36. The molecule has 0 aliphatic rings. The summed E-state index contributed by atoms with van der Waals surface area (Å²) in [5.41, 5.74) is 1.10. The van der Waals surface area contributed by atoms with Crippen molar-refractivity contribution < 1.29 is 0 Å². The quantitative estimate of drug-likeness (QED) is 0.715. The zero-order valence-electron chi connectivity index (χ0n) is 7.21. The van der Waals surface area contributed by atoms with Crippen LogP contribution in [0.5, 0.6) is 0 Å². The first-order chi connectivity index (χ1) is 5.84. The van der Waals surface area contributed by atoms with Crippen LogP contribution in [0, 0.1) is 0 Å². The van der Waals surface area contributed by atoms with Crippen LogP contribution in [-0.4, -0.2) is 11.5 Å². The molecule has 0 radical (unpaired) electrons. The van der Waals surface area contributed by atoms with Crippen molar-refractivity contribution in [1.29, 1.82) is 0 Å². The second kappa shape index (κ2) is 4.88. The number of hydrogen-bond acceptors (Lipinski definition) is 1. The fraction of sp³-hybridized carbons (Fsp3) is 0.300. The SMILES string of the molecule is CCCNC(=S)c1ccccc1. The monoisotopic (exact) mass is 179 g/mol. The molecule has 0 amide bonds. The number of nitrogens with one attached hydrogen (secondary N) is 1. The number of hydrogen-bond donors (Lipinski definition) is 1. The van der Waals surface area contributed by atoms with Crippen molar-refractivity contribution in [1.82, 2.24) is 5.32 Å². The third-order valence-corrected chi connectivity index (χ3v) is 1.95. The van der Waals surface area contributed by atoms with E-state index in [4.69, 9.17) is 12.2 Å². The van der Waals surface area contributed by atoms with Gasteiger partial charge in [0.05, 0.1) is 0 Å². The lowest BCUT2D eigenvalue weighted by Crippen LogP contribution is -2.22. The molecule has 0 atom stereocenters. The third-order valence-electron chi connectivity index (χ3n) is 1.57. The van der Waals surface area contributed by atoms with Crippen molar-refractivity contribution >= 4 is 17.2 Å². The van der Waals surface area contributed by atoms with Gasteiger partial charge in [-0.1, -0.05) is 49.5 Å². The highest BCUT2D eigenvalue weighted by Crippen LogP contribution is 1.98. The van der Waals surface area contributed by atoms with Gasteiger partial charge in [-0.05, 0) is 6.42 Å². The number of rotatable bonds is 3. The maximum atomic E-state index is 5.17. The number of thiocarbonyl (C=S) groups is 1. The van der Waals surface area contributed by atoms with Crippen molar-refractivity contribution in [3.8, 4) is 0 Å². The Morgan fingerprint density at radius 2 is 2.00 bits per heavy atom. The standard InChI is InChI=1S/C10H13NS/c1-2-8-11-10(12)9-6-4-3-5-7-9/h3-7H,2,8H2,1H3,(H,11,12). The summed E-state index contributed by atoms with van der Waals surface area (Å²) in [5, 5.41) is 3.18. The van der Waals surface area contributed by atoms with E-state index in [2.05, 4.69) is 12.2 Å². The molecule has 0 heterocycles. The van der Waals surface area contributed by atoms with Crippen molar-refractivity contribution in [2.75, 3.05) is 6.54 Å². The molecule has 64 valence electrons. The van der Waals surface area contributed by atoms with Gasteiger partial charge in [-0.15, -0.1) is 0 Å². The van der Waals surface area contributed by atoms with E-state index in [0.29, 0.717) is 0 Å². The average Bonchev–Trinajstić information content (AvgIpc) is 2.15. The van der Waals surface area contributed by atoms with Crippen LogP contribution >= 0.6 is 12.2 Å². The van der Waals surface area contributed by atoms with Gasteiger partial charge in [-0.3, -0.25) is 0 Å². The van der Waals surface area contributed by atoms with Crippen LogP contribution in [0.4, 0.5) is 0 Å². The highest BCUT2D eigenvalue weighted by molar-refractivity contribution is 7.80. The van der Waals surface area contributed by atoms with Crippen molar-refractivity contribution in [3.05, 3.63) is 35.9 Å². The van der Waals surface area contributed by atoms with E-state index in [0.717, 1.165) is 23.5 Å². The molecule has 0 saturated heterocycles. The normalized spacial score (nSPS) is 9.42. The third kappa shape index (κ3) is 2.62. The van der Waals surface area contributed by atoms with E-state index in [-0.39, 0.29) is 0 Å². The van der Waals surface area contributed by atoms with Gasteiger partial charge in [-0.2, -0.15) is 0 Å². The Morgan fingerprint density at radius 3 is 2.58 bits per heavy atom. The van der Waals surface area contributed by atoms with E-state index in [9.17, 15) is 0 Å². The summed E-state index contributed by atoms with van der Waals surface area (Å²) >= 11 is 5.17. The second-order valence-electron chi connectivity index (χ2n) is 2.62. The Kier molecular flexibility index (Phi) is 3.74. The molecule has 1 N–H and O–H groups in total. The first kappa shape index (κ1) is 9.20. The summed E-state index contributed by atoms with van der Waals surface area (Å²) < 4.78 is 0. The lowest BCUT2D eigenvalue weighted by atomic mass is 10.2. The Hall–Kier alpha value is -0.890. The molecule has 0 aromatic heterocycles. The first-order valence-corrected chi connectivity index (χ1v) is 4.58.